The fourth-order valence-electron chi connectivity index (χ4n) is 2.87. The van der Waals surface area contributed by atoms with Crippen LogP contribution in [0.25, 0.3) is 0 Å². The van der Waals surface area contributed by atoms with E-state index >= 15 is 0 Å². The molecule has 0 spiro atoms. The molecule has 0 radical (unpaired) electrons. The number of hydrogen-bond acceptors (Lipinski definition) is 3. The maximum absolute atomic E-state index is 4.85. The van der Waals surface area contributed by atoms with Crippen molar-refractivity contribution in [3.63, 3.8) is 0 Å². The highest BCUT2D eigenvalue weighted by Crippen LogP contribution is 2.32. The maximum Gasteiger partial charge on any atom is 0.142 e. The highest BCUT2D eigenvalue weighted by atomic mass is 15.0. The van der Waals surface area contributed by atoms with Gasteiger partial charge in [-0.05, 0) is 38.8 Å². The van der Waals surface area contributed by atoms with Crippen LogP contribution in [0.4, 0.5) is 0 Å². The summed E-state index contributed by atoms with van der Waals surface area (Å²) in [4.78, 5) is 13.8. The van der Waals surface area contributed by atoms with E-state index in [1.807, 2.05) is 36.4 Å². The Labute approximate surface area is 143 Å². The van der Waals surface area contributed by atoms with E-state index < -0.39 is 0 Å². The van der Waals surface area contributed by atoms with Crippen LogP contribution in [-0.4, -0.2) is 15.0 Å². The second kappa shape index (κ2) is 6.16. The van der Waals surface area contributed by atoms with Crippen LogP contribution in [0.5, 0.6) is 0 Å². The largest absolute Gasteiger partial charge is 0.220 e. The van der Waals surface area contributed by atoms with Gasteiger partial charge in [0.05, 0.1) is 0 Å². The van der Waals surface area contributed by atoms with Crippen LogP contribution in [0.1, 0.15) is 50.5 Å². The molecule has 0 aliphatic carbocycles. The van der Waals surface area contributed by atoms with Gasteiger partial charge in [0.15, 0.2) is 0 Å². The summed E-state index contributed by atoms with van der Waals surface area (Å²) in [5.74, 6) is 1.59. The molecule has 0 saturated carbocycles. The fourth-order valence-corrected chi connectivity index (χ4v) is 2.87. The van der Waals surface area contributed by atoms with Gasteiger partial charge in [-0.2, -0.15) is 0 Å². The Hall–Kier alpha value is -2.55. The minimum atomic E-state index is -0.272. The SMILES string of the molecule is CC(C)(c1ccccc1)c1ncnc(C(C)(C)c2ccccc2)n1. The van der Waals surface area contributed by atoms with E-state index in [2.05, 4.69) is 61.9 Å². The molecule has 1 aromatic heterocycles. The van der Waals surface area contributed by atoms with Crippen molar-refractivity contribution in [1.29, 1.82) is 0 Å². The highest BCUT2D eigenvalue weighted by Gasteiger charge is 2.31. The van der Waals surface area contributed by atoms with Crippen LogP contribution in [0.3, 0.4) is 0 Å². The third kappa shape index (κ3) is 2.94. The molecule has 122 valence electrons. The van der Waals surface area contributed by atoms with Crippen LogP contribution in [0.15, 0.2) is 67.0 Å². The summed E-state index contributed by atoms with van der Waals surface area (Å²) in [6.45, 7) is 8.60. The molecule has 0 aliphatic rings. The normalized spacial score (nSPS) is 12.2. The van der Waals surface area contributed by atoms with Crippen LogP contribution < -0.4 is 0 Å². The molecule has 0 fully saturated rings. The van der Waals surface area contributed by atoms with Gasteiger partial charge in [-0.3, -0.25) is 0 Å². The first-order valence-corrected chi connectivity index (χ1v) is 8.23. The Balaban J connectivity index is 2.04. The van der Waals surface area contributed by atoms with Crippen LogP contribution >= 0.6 is 0 Å². The van der Waals surface area contributed by atoms with Gasteiger partial charge in [0.1, 0.15) is 18.0 Å². The summed E-state index contributed by atoms with van der Waals surface area (Å²) < 4.78 is 0. The van der Waals surface area contributed by atoms with Crippen LogP contribution in [-0.2, 0) is 10.8 Å². The lowest BCUT2D eigenvalue weighted by Gasteiger charge is -2.27. The van der Waals surface area contributed by atoms with E-state index in [1.165, 1.54) is 11.1 Å². The van der Waals surface area contributed by atoms with Gasteiger partial charge in [-0.25, -0.2) is 15.0 Å². The Kier molecular flexibility index (Phi) is 4.18. The molecule has 3 nitrogen and oxygen atoms in total. The van der Waals surface area contributed by atoms with Crippen LogP contribution in [0, 0.1) is 0 Å². The second-order valence-electron chi connectivity index (χ2n) is 7.11. The first-order chi connectivity index (χ1) is 11.4. The molecule has 0 N–H and O–H groups in total. The molecular weight excluding hydrogens is 294 g/mol. The summed E-state index contributed by atoms with van der Waals surface area (Å²) in [6, 6.07) is 20.7. The summed E-state index contributed by atoms with van der Waals surface area (Å²) in [6.07, 6.45) is 1.63. The van der Waals surface area contributed by atoms with E-state index in [-0.39, 0.29) is 10.8 Å². The van der Waals surface area contributed by atoms with E-state index in [0.29, 0.717) is 0 Å². The van der Waals surface area contributed by atoms with Crippen molar-refractivity contribution >= 4 is 0 Å². The number of aromatic nitrogens is 3. The van der Waals surface area contributed by atoms with Gasteiger partial charge in [-0.1, -0.05) is 60.7 Å². The lowest BCUT2D eigenvalue weighted by atomic mass is 9.82. The maximum atomic E-state index is 4.85. The lowest BCUT2D eigenvalue weighted by molar-refractivity contribution is 0.535. The van der Waals surface area contributed by atoms with Crippen molar-refractivity contribution < 1.29 is 0 Å². The van der Waals surface area contributed by atoms with Gasteiger partial charge in [0.2, 0.25) is 0 Å². The summed E-state index contributed by atoms with van der Waals surface area (Å²) in [5, 5.41) is 0. The number of nitrogens with zero attached hydrogens (tertiary/aromatic N) is 3. The summed E-state index contributed by atoms with van der Waals surface area (Å²) in [5.41, 5.74) is 1.84. The molecule has 0 unspecified atom stereocenters. The zero-order valence-corrected chi connectivity index (χ0v) is 14.7. The van der Waals surface area contributed by atoms with Gasteiger partial charge < -0.3 is 0 Å². The van der Waals surface area contributed by atoms with E-state index in [1.54, 1.807) is 6.33 Å². The highest BCUT2D eigenvalue weighted by molar-refractivity contribution is 5.33. The first-order valence-electron chi connectivity index (χ1n) is 8.23. The number of benzene rings is 2. The molecule has 0 saturated heterocycles. The average molecular weight is 317 g/mol. The Morgan fingerprint density at radius 2 is 0.958 bits per heavy atom. The first kappa shape index (κ1) is 16.3. The van der Waals surface area contributed by atoms with Gasteiger partial charge in [0.25, 0.3) is 0 Å². The summed E-state index contributed by atoms with van der Waals surface area (Å²) >= 11 is 0. The van der Waals surface area contributed by atoms with Crippen molar-refractivity contribution in [1.82, 2.24) is 15.0 Å². The Morgan fingerprint density at radius 3 is 1.33 bits per heavy atom. The molecule has 1 heterocycles. The lowest BCUT2D eigenvalue weighted by Crippen LogP contribution is -2.28. The third-order valence-electron chi connectivity index (χ3n) is 4.68. The van der Waals surface area contributed by atoms with Crippen molar-refractivity contribution in [3.05, 3.63) is 89.8 Å². The van der Waals surface area contributed by atoms with E-state index in [9.17, 15) is 0 Å². The quantitative estimate of drug-likeness (QED) is 0.710. The topological polar surface area (TPSA) is 38.7 Å². The minimum Gasteiger partial charge on any atom is -0.220 e. The molecule has 0 amide bonds. The van der Waals surface area contributed by atoms with Gasteiger partial charge >= 0.3 is 0 Å². The number of rotatable bonds is 4. The molecule has 0 aliphatic heterocycles. The zero-order chi connectivity index (χ0) is 17.2. The van der Waals surface area contributed by atoms with Crippen molar-refractivity contribution in [2.45, 2.75) is 38.5 Å². The van der Waals surface area contributed by atoms with Gasteiger partial charge in [-0.15, -0.1) is 0 Å². The van der Waals surface area contributed by atoms with Crippen molar-refractivity contribution in [2.75, 3.05) is 0 Å². The monoisotopic (exact) mass is 317 g/mol. The molecule has 24 heavy (non-hydrogen) atoms. The van der Waals surface area contributed by atoms with Crippen molar-refractivity contribution in [3.8, 4) is 0 Å². The molecule has 0 bridgehead atoms. The second-order valence-corrected chi connectivity index (χ2v) is 7.11. The number of hydrogen-bond donors (Lipinski definition) is 0. The Bertz CT molecular complexity index is 742. The van der Waals surface area contributed by atoms with Gasteiger partial charge in [0, 0.05) is 10.8 Å². The molecule has 3 heteroatoms. The average Bonchev–Trinajstić information content (AvgIpc) is 2.63. The molecule has 3 aromatic rings. The molecule has 0 atom stereocenters. The smallest absolute Gasteiger partial charge is 0.142 e. The van der Waals surface area contributed by atoms with E-state index in [0.717, 1.165) is 11.6 Å². The minimum absolute atomic E-state index is 0.272. The fraction of sp³-hybridized carbons (Fsp3) is 0.286. The molecular formula is C21H23N3. The van der Waals surface area contributed by atoms with E-state index in [4.69, 9.17) is 4.98 Å². The molecule has 2 aromatic carbocycles. The van der Waals surface area contributed by atoms with Crippen molar-refractivity contribution in [2.24, 2.45) is 0 Å². The van der Waals surface area contributed by atoms with Crippen LogP contribution in [0.2, 0.25) is 0 Å². The third-order valence-corrected chi connectivity index (χ3v) is 4.68. The molecule has 3 rings (SSSR count). The standard InChI is InChI=1S/C21H23N3/c1-20(2,16-11-7-5-8-12-16)18-22-15-23-19(24-18)21(3,4)17-13-9-6-10-14-17/h5-15H,1-4H3. The summed E-state index contributed by atoms with van der Waals surface area (Å²) in [7, 11) is 0. The zero-order valence-electron chi connectivity index (χ0n) is 14.7. The predicted octanol–water partition coefficient (Wildman–Crippen LogP) is 4.52. The Morgan fingerprint density at radius 1 is 0.583 bits per heavy atom. The predicted molar refractivity (Wildman–Crippen MR) is 97.0 cm³/mol.